The van der Waals surface area contributed by atoms with Gasteiger partial charge in [-0.25, -0.2) is 0 Å². The zero-order valence-electron chi connectivity index (χ0n) is 15.4. The summed E-state index contributed by atoms with van der Waals surface area (Å²) in [5, 5.41) is 4.28. The molecule has 0 aromatic heterocycles. The predicted octanol–water partition coefficient (Wildman–Crippen LogP) is 3.69. The van der Waals surface area contributed by atoms with E-state index in [-0.39, 0.29) is 18.6 Å². The number of rotatable bonds is 6. The predicted molar refractivity (Wildman–Crippen MR) is 105 cm³/mol. The van der Waals surface area contributed by atoms with Crippen molar-refractivity contribution in [3.8, 4) is 11.5 Å². The van der Waals surface area contributed by atoms with Crippen molar-refractivity contribution in [2.75, 3.05) is 25.7 Å². The van der Waals surface area contributed by atoms with E-state index in [2.05, 4.69) is 5.16 Å². The smallest absolute Gasteiger partial charge is 0.268 e. The van der Waals surface area contributed by atoms with Crippen molar-refractivity contribution in [2.24, 2.45) is 5.16 Å². The van der Waals surface area contributed by atoms with E-state index in [4.69, 9.17) is 25.9 Å². The van der Waals surface area contributed by atoms with Crippen molar-refractivity contribution in [3.05, 3.63) is 52.5 Å². The van der Waals surface area contributed by atoms with E-state index in [1.165, 1.54) is 26.0 Å². The van der Waals surface area contributed by atoms with Crippen LogP contribution in [0.1, 0.15) is 18.1 Å². The van der Waals surface area contributed by atoms with Gasteiger partial charge in [-0.3, -0.25) is 4.79 Å². The number of anilines is 1. The summed E-state index contributed by atoms with van der Waals surface area (Å²) in [6.07, 6.45) is 2.32. The minimum atomic E-state index is -0.143. The Hall–Kier alpha value is -2.73. The van der Waals surface area contributed by atoms with Gasteiger partial charge in [0.05, 0.1) is 25.5 Å². The van der Waals surface area contributed by atoms with E-state index in [0.29, 0.717) is 22.1 Å². The van der Waals surface area contributed by atoms with E-state index in [1.807, 2.05) is 31.2 Å². The number of benzene rings is 2. The molecule has 0 saturated carbocycles. The third-order valence-electron chi connectivity index (χ3n) is 4.40. The fourth-order valence-electron chi connectivity index (χ4n) is 3.22. The van der Waals surface area contributed by atoms with Gasteiger partial charge in [0.15, 0.2) is 18.1 Å². The summed E-state index contributed by atoms with van der Waals surface area (Å²) >= 11 is 6.16. The number of oxime groups is 1. The van der Waals surface area contributed by atoms with Gasteiger partial charge in [-0.15, -0.1) is 0 Å². The lowest BCUT2D eigenvalue weighted by Gasteiger charge is -2.21. The molecule has 0 N–H and O–H groups in total. The Labute approximate surface area is 163 Å². The zero-order chi connectivity index (χ0) is 19.4. The summed E-state index contributed by atoms with van der Waals surface area (Å²) in [4.78, 5) is 19.5. The minimum absolute atomic E-state index is 0.104. The molecule has 1 amide bonds. The fourth-order valence-corrected chi connectivity index (χ4v) is 3.51. The molecule has 2 aromatic carbocycles. The van der Waals surface area contributed by atoms with Crippen molar-refractivity contribution >= 4 is 29.4 Å². The van der Waals surface area contributed by atoms with Crippen LogP contribution in [0.5, 0.6) is 11.5 Å². The number of nitrogens with zero attached hydrogens (tertiary/aromatic N) is 2. The highest BCUT2D eigenvalue weighted by atomic mass is 35.5. The van der Waals surface area contributed by atoms with Gasteiger partial charge in [-0.2, -0.15) is 0 Å². The molecule has 0 spiro atoms. The topological polar surface area (TPSA) is 60.4 Å². The van der Waals surface area contributed by atoms with Crippen molar-refractivity contribution < 1.29 is 19.1 Å². The summed E-state index contributed by atoms with van der Waals surface area (Å²) in [6.45, 7) is 1.88. The third-order valence-corrected chi connectivity index (χ3v) is 4.68. The highest BCUT2D eigenvalue weighted by Crippen LogP contribution is 2.35. The maximum absolute atomic E-state index is 12.5. The van der Waals surface area contributed by atoms with Crippen LogP contribution in [0.3, 0.4) is 0 Å². The van der Waals surface area contributed by atoms with Gasteiger partial charge in [0.2, 0.25) is 0 Å². The SMILES string of the molecule is COc1cc(/C=N\OCC(=O)N2c3ccccc3C[C@@H]2C)cc(Cl)c1OC. The number of amides is 1. The molecule has 27 heavy (non-hydrogen) atoms. The van der Waals surface area contributed by atoms with Crippen LogP contribution in [0.15, 0.2) is 41.6 Å². The molecule has 1 aliphatic heterocycles. The number of para-hydroxylation sites is 1. The molecule has 0 radical (unpaired) electrons. The lowest BCUT2D eigenvalue weighted by molar-refractivity contribution is -0.123. The van der Waals surface area contributed by atoms with Crippen LogP contribution in [0.2, 0.25) is 5.02 Å². The summed E-state index contributed by atoms with van der Waals surface area (Å²) in [5.41, 5.74) is 2.78. The largest absolute Gasteiger partial charge is 0.493 e. The van der Waals surface area contributed by atoms with Gasteiger partial charge in [0, 0.05) is 17.3 Å². The first kappa shape index (κ1) is 19.0. The van der Waals surface area contributed by atoms with Crippen molar-refractivity contribution in [3.63, 3.8) is 0 Å². The molecular weight excluding hydrogens is 368 g/mol. The maximum atomic E-state index is 12.5. The highest BCUT2D eigenvalue weighted by molar-refractivity contribution is 6.32. The fraction of sp³-hybridized carbons (Fsp3) is 0.300. The van der Waals surface area contributed by atoms with Gasteiger partial charge >= 0.3 is 0 Å². The number of carbonyl (C=O) groups is 1. The Morgan fingerprint density at radius 2 is 2.07 bits per heavy atom. The normalized spacial score (nSPS) is 15.7. The molecule has 1 heterocycles. The van der Waals surface area contributed by atoms with E-state index >= 15 is 0 Å². The van der Waals surface area contributed by atoms with Gasteiger partial charge in [-0.1, -0.05) is 35.0 Å². The molecule has 0 bridgehead atoms. The average molecular weight is 389 g/mol. The monoisotopic (exact) mass is 388 g/mol. The van der Waals surface area contributed by atoms with Crippen LogP contribution in [0.25, 0.3) is 0 Å². The first-order valence-electron chi connectivity index (χ1n) is 8.52. The second-order valence-electron chi connectivity index (χ2n) is 6.19. The molecule has 6 nitrogen and oxygen atoms in total. The second-order valence-corrected chi connectivity index (χ2v) is 6.60. The van der Waals surface area contributed by atoms with Crippen LogP contribution in [-0.2, 0) is 16.1 Å². The molecular formula is C20H21ClN2O4. The van der Waals surface area contributed by atoms with Crippen LogP contribution >= 0.6 is 11.6 Å². The first-order valence-corrected chi connectivity index (χ1v) is 8.89. The lowest BCUT2D eigenvalue weighted by atomic mass is 10.1. The van der Waals surface area contributed by atoms with Crippen molar-refractivity contribution in [1.29, 1.82) is 0 Å². The van der Waals surface area contributed by atoms with Crippen LogP contribution in [0.4, 0.5) is 5.69 Å². The number of ether oxygens (including phenoxy) is 2. The Balaban J connectivity index is 1.63. The van der Waals surface area contributed by atoms with Gasteiger partial charge < -0.3 is 19.2 Å². The minimum Gasteiger partial charge on any atom is -0.493 e. The van der Waals surface area contributed by atoms with Gasteiger partial charge in [0.25, 0.3) is 5.91 Å². The first-order chi connectivity index (χ1) is 13.0. The molecule has 2 aromatic rings. The Bertz CT molecular complexity index is 869. The second kappa shape index (κ2) is 8.31. The Kier molecular flexibility index (Phi) is 5.86. The molecule has 0 unspecified atom stereocenters. The van der Waals surface area contributed by atoms with Crippen LogP contribution in [-0.4, -0.2) is 39.0 Å². The standard InChI is InChI=1S/C20H21ClN2O4/c1-13-8-15-6-4-5-7-17(15)23(13)19(24)12-27-22-11-14-9-16(21)20(26-3)18(10-14)25-2/h4-7,9-11,13H,8,12H2,1-3H3/b22-11-/t13-/m0/s1. The van der Waals surface area contributed by atoms with E-state index < -0.39 is 0 Å². The zero-order valence-corrected chi connectivity index (χ0v) is 16.2. The highest BCUT2D eigenvalue weighted by Gasteiger charge is 2.30. The number of carbonyl (C=O) groups excluding carboxylic acids is 1. The van der Waals surface area contributed by atoms with Crippen LogP contribution in [0, 0.1) is 0 Å². The van der Waals surface area contributed by atoms with Crippen molar-refractivity contribution in [1.82, 2.24) is 0 Å². The third kappa shape index (κ3) is 4.01. The number of hydrogen-bond acceptors (Lipinski definition) is 5. The van der Waals surface area contributed by atoms with Crippen molar-refractivity contribution in [2.45, 2.75) is 19.4 Å². The lowest BCUT2D eigenvalue weighted by Crippen LogP contribution is -2.37. The quantitative estimate of drug-likeness (QED) is 0.559. The summed E-state index contributed by atoms with van der Waals surface area (Å²) < 4.78 is 10.4. The van der Waals surface area contributed by atoms with E-state index in [9.17, 15) is 4.79 Å². The average Bonchev–Trinajstić information content (AvgIpc) is 3.00. The van der Waals surface area contributed by atoms with Gasteiger partial charge in [-0.05, 0) is 37.1 Å². The Morgan fingerprint density at radius 3 is 2.81 bits per heavy atom. The summed E-state index contributed by atoms with van der Waals surface area (Å²) in [5.74, 6) is 0.814. The molecule has 7 heteroatoms. The number of halogens is 1. The van der Waals surface area contributed by atoms with Crippen LogP contribution < -0.4 is 14.4 Å². The van der Waals surface area contributed by atoms with E-state index in [0.717, 1.165) is 12.1 Å². The molecule has 1 atom stereocenters. The summed E-state index contributed by atoms with van der Waals surface area (Å²) in [7, 11) is 3.04. The molecule has 142 valence electrons. The molecule has 0 aliphatic carbocycles. The summed E-state index contributed by atoms with van der Waals surface area (Å²) in [6, 6.07) is 11.4. The molecule has 1 aliphatic rings. The van der Waals surface area contributed by atoms with Gasteiger partial charge in [0.1, 0.15) is 0 Å². The number of fused-ring (bicyclic) bond motifs is 1. The molecule has 3 rings (SSSR count). The number of methoxy groups -OCH3 is 2. The maximum Gasteiger partial charge on any atom is 0.268 e. The number of hydrogen-bond donors (Lipinski definition) is 0. The molecule has 0 fully saturated rings. The Morgan fingerprint density at radius 1 is 1.30 bits per heavy atom. The van der Waals surface area contributed by atoms with E-state index in [1.54, 1.807) is 17.0 Å². The molecule has 0 saturated heterocycles.